The van der Waals surface area contributed by atoms with Crippen LogP contribution in [0.3, 0.4) is 0 Å². The molecule has 20 heavy (non-hydrogen) atoms. The van der Waals surface area contributed by atoms with Gasteiger partial charge >= 0.3 is 0 Å². The van der Waals surface area contributed by atoms with Gasteiger partial charge in [-0.3, -0.25) is 4.79 Å². The van der Waals surface area contributed by atoms with Crippen LogP contribution in [0, 0.1) is 0 Å². The summed E-state index contributed by atoms with van der Waals surface area (Å²) in [5, 5.41) is 9.47. The normalized spacial score (nSPS) is 19.9. The van der Waals surface area contributed by atoms with Gasteiger partial charge in [0.15, 0.2) is 0 Å². The van der Waals surface area contributed by atoms with Crippen LogP contribution in [-0.2, 0) is 4.79 Å². The lowest BCUT2D eigenvalue weighted by Gasteiger charge is -2.25. The van der Waals surface area contributed by atoms with Gasteiger partial charge in [0, 0.05) is 12.6 Å². The Bertz CT molecular complexity index is 419. The first-order chi connectivity index (χ1) is 9.66. The molecule has 2 unspecified atom stereocenters. The van der Waals surface area contributed by atoms with Gasteiger partial charge in [0.25, 0.3) is 0 Å². The van der Waals surface area contributed by atoms with E-state index in [1.807, 2.05) is 35.2 Å². The summed E-state index contributed by atoms with van der Waals surface area (Å²) < 4.78 is 5.56. The molecule has 1 aromatic rings. The number of aliphatic hydroxyl groups excluding tert-OH is 1. The summed E-state index contributed by atoms with van der Waals surface area (Å²) in [5.41, 5.74) is 0. The number of likely N-dealkylation sites (tertiary alicyclic amines) is 1. The number of carbonyl (C=O) groups excluding carboxylic acids is 1. The minimum Gasteiger partial charge on any atom is -0.493 e. The highest BCUT2D eigenvalue weighted by atomic mass is 16.5. The van der Waals surface area contributed by atoms with E-state index >= 15 is 0 Å². The second-order valence-electron chi connectivity index (χ2n) is 5.38. The number of aliphatic hydroxyl groups is 1. The quantitative estimate of drug-likeness (QED) is 0.867. The van der Waals surface area contributed by atoms with Gasteiger partial charge in [0.1, 0.15) is 5.75 Å². The van der Waals surface area contributed by atoms with E-state index < -0.39 is 0 Å². The summed E-state index contributed by atoms with van der Waals surface area (Å²) in [7, 11) is 0. The van der Waals surface area contributed by atoms with E-state index in [-0.39, 0.29) is 18.1 Å². The molecule has 1 heterocycles. The highest BCUT2D eigenvalue weighted by Crippen LogP contribution is 2.22. The number of amides is 1. The molecule has 110 valence electrons. The first kappa shape index (κ1) is 14.9. The molecule has 0 spiro atoms. The molecule has 0 saturated carbocycles. The molecule has 0 aromatic heterocycles. The van der Waals surface area contributed by atoms with Crippen LogP contribution in [0.5, 0.6) is 5.75 Å². The van der Waals surface area contributed by atoms with Gasteiger partial charge in [0.05, 0.1) is 19.1 Å². The number of hydrogen-bond donors (Lipinski definition) is 1. The number of nitrogens with zero attached hydrogens (tertiary/aromatic N) is 1. The molecule has 0 radical (unpaired) electrons. The van der Waals surface area contributed by atoms with Crippen LogP contribution >= 0.6 is 0 Å². The van der Waals surface area contributed by atoms with Gasteiger partial charge in [-0.1, -0.05) is 18.2 Å². The Kier molecular flexibility index (Phi) is 5.41. The summed E-state index contributed by atoms with van der Waals surface area (Å²) in [6.45, 7) is 2.99. The number of carbonyl (C=O) groups is 1. The molecule has 0 aliphatic carbocycles. The Morgan fingerprint density at radius 1 is 1.45 bits per heavy atom. The number of hydrogen-bond acceptors (Lipinski definition) is 3. The fourth-order valence-electron chi connectivity index (χ4n) is 2.72. The maximum atomic E-state index is 12.2. The van der Waals surface area contributed by atoms with Crippen molar-refractivity contribution in [3.63, 3.8) is 0 Å². The molecular formula is C16H23NO3. The fraction of sp³-hybridized carbons (Fsp3) is 0.562. The van der Waals surface area contributed by atoms with E-state index in [4.69, 9.17) is 4.74 Å². The summed E-state index contributed by atoms with van der Waals surface area (Å²) in [6.07, 6.45) is 2.74. The van der Waals surface area contributed by atoms with E-state index in [1.165, 1.54) is 0 Å². The Labute approximate surface area is 120 Å². The molecule has 1 amide bonds. The monoisotopic (exact) mass is 277 g/mol. The number of ether oxygens (including phenoxy) is 1. The summed E-state index contributed by atoms with van der Waals surface area (Å²) >= 11 is 0. The second-order valence-corrected chi connectivity index (χ2v) is 5.38. The first-order valence-corrected chi connectivity index (χ1v) is 7.32. The van der Waals surface area contributed by atoms with Crippen molar-refractivity contribution in [2.45, 2.75) is 44.8 Å². The lowest BCUT2D eigenvalue weighted by atomic mass is 10.1. The highest BCUT2D eigenvalue weighted by Gasteiger charge is 2.29. The fourth-order valence-corrected chi connectivity index (χ4v) is 2.72. The van der Waals surface area contributed by atoms with Gasteiger partial charge in [-0.05, 0) is 38.3 Å². The van der Waals surface area contributed by atoms with Crippen molar-refractivity contribution in [1.29, 1.82) is 0 Å². The molecule has 4 nitrogen and oxygen atoms in total. The van der Waals surface area contributed by atoms with Crippen LogP contribution in [0.1, 0.15) is 32.6 Å². The predicted molar refractivity (Wildman–Crippen MR) is 77.6 cm³/mol. The minimum atomic E-state index is -0.353. The SMILES string of the molecule is CC(O)CC1CCCN1C(=O)CCOc1ccccc1. The van der Waals surface area contributed by atoms with Crippen molar-refractivity contribution < 1.29 is 14.6 Å². The zero-order valence-corrected chi connectivity index (χ0v) is 12.0. The molecule has 1 aliphatic heterocycles. The Hall–Kier alpha value is -1.55. The van der Waals surface area contributed by atoms with Crippen molar-refractivity contribution in [3.8, 4) is 5.75 Å². The standard InChI is InChI=1S/C16H23NO3/c1-13(18)12-14-6-5-10-17(14)16(19)9-11-20-15-7-3-2-4-8-15/h2-4,7-8,13-14,18H,5-6,9-12H2,1H3. The zero-order valence-electron chi connectivity index (χ0n) is 12.0. The lowest BCUT2D eigenvalue weighted by molar-refractivity contribution is -0.132. The predicted octanol–water partition coefficient (Wildman–Crippen LogP) is 2.22. The molecule has 1 N–H and O–H groups in total. The minimum absolute atomic E-state index is 0.129. The molecule has 2 rings (SSSR count). The van der Waals surface area contributed by atoms with Crippen LogP contribution in [-0.4, -0.2) is 41.2 Å². The van der Waals surface area contributed by atoms with E-state index in [0.717, 1.165) is 25.1 Å². The Morgan fingerprint density at radius 3 is 2.90 bits per heavy atom. The van der Waals surface area contributed by atoms with Crippen molar-refractivity contribution in [3.05, 3.63) is 30.3 Å². The number of rotatable bonds is 6. The van der Waals surface area contributed by atoms with Gasteiger partial charge in [-0.25, -0.2) is 0 Å². The maximum Gasteiger partial charge on any atom is 0.226 e. The van der Waals surface area contributed by atoms with Gasteiger partial charge < -0.3 is 14.7 Å². The van der Waals surface area contributed by atoms with Gasteiger partial charge in [-0.2, -0.15) is 0 Å². The van der Waals surface area contributed by atoms with Crippen molar-refractivity contribution >= 4 is 5.91 Å². The Morgan fingerprint density at radius 2 is 2.20 bits per heavy atom. The third-order valence-electron chi connectivity index (χ3n) is 3.64. The smallest absolute Gasteiger partial charge is 0.226 e. The van der Waals surface area contributed by atoms with Gasteiger partial charge in [-0.15, -0.1) is 0 Å². The molecule has 0 bridgehead atoms. The third kappa shape index (κ3) is 4.23. The lowest BCUT2D eigenvalue weighted by Crippen LogP contribution is -2.37. The molecule has 1 saturated heterocycles. The summed E-state index contributed by atoms with van der Waals surface area (Å²) in [6, 6.07) is 9.72. The van der Waals surface area contributed by atoms with E-state index in [0.29, 0.717) is 19.4 Å². The third-order valence-corrected chi connectivity index (χ3v) is 3.64. The molecule has 4 heteroatoms. The van der Waals surface area contributed by atoms with Crippen molar-refractivity contribution in [2.24, 2.45) is 0 Å². The van der Waals surface area contributed by atoms with Crippen LogP contribution in [0.25, 0.3) is 0 Å². The van der Waals surface area contributed by atoms with Crippen molar-refractivity contribution in [1.82, 2.24) is 4.90 Å². The summed E-state index contributed by atoms with van der Waals surface area (Å²) in [4.78, 5) is 14.1. The number of benzene rings is 1. The molecule has 1 aromatic carbocycles. The number of para-hydroxylation sites is 1. The van der Waals surface area contributed by atoms with Gasteiger partial charge in [0.2, 0.25) is 5.91 Å². The second kappa shape index (κ2) is 7.29. The molecule has 2 atom stereocenters. The van der Waals surface area contributed by atoms with E-state index in [1.54, 1.807) is 6.92 Å². The molecule has 1 aliphatic rings. The van der Waals surface area contributed by atoms with Crippen LogP contribution in [0.4, 0.5) is 0 Å². The topological polar surface area (TPSA) is 49.8 Å². The largest absolute Gasteiger partial charge is 0.493 e. The van der Waals surface area contributed by atoms with Crippen LogP contribution < -0.4 is 4.74 Å². The average Bonchev–Trinajstić information content (AvgIpc) is 2.87. The van der Waals surface area contributed by atoms with Crippen LogP contribution in [0.2, 0.25) is 0 Å². The molecule has 1 fully saturated rings. The zero-order chi connectivity index (χ0) is 14.4. The summed E-state index contributed by atoms with van der Waals surface area (Å²) in [5.74, 6) is 0.923. The maximum absolute atomic E-state index is 12.2. The van der Waals surface area contributed by atoms with Crippen molar-refractivity contribution in [2.75, 3.05) is 13.2 Å². The van der Waals surface area contributed by atoms with Crippen LogP contribution in [0.15, 0.2) is 30.3 Å². The highest BCUT2D eigenvalue weighted by molar-refractivity contribution is 5.77. The first-order valence-electron chi connectivity index (χ1n) is 7.32. The Balaban J connectivity index is 1.76. The average molecular weight is 277 g/mol. The van der Waals surface area contributed by atoms with E-state index in [2.05, 4.69) is 0 Å². The van der Waals surface area contributed by atoms with E-state index in [9.17, 15) is 9.90 Å². The molecular weight excluding hydrogens is 254 g/mol.